The van der Waals surface area contributed by atoms with Gasteiger partial charge < -0.3 is 5.32 Å². The van der Waals surface area contributed by atoms with Crippen molar-refractivity contribution < 1.29 is 22.0 Å². The molecule has 21 heavy (non-hydrogen) atoms. The van der Waals surface area contributed by atoms with Crippen molar-refractivity contribution in [1.29, 1.82) is 0 Å². The SMILES string of the molecule is CCC(NC(=O)c1c(F)ccc(S(=O)(=O)Cl)c1F)C(C)C. The van der Waals surface area contributed by atoms with E-state index in [1.807, 2.05) is 20.8 Å². The summed E-state index contributed by atoms with van der Waals surface area (Å²) in [6, 6.07) is 1.10. The van der Waals surface area contributed by atoms with Gasteiger partial charge in [-0.15, -0.1) is 0 Å². The van der Waals surface area contributed by atoms with E-state index in [4.69, 9.17) is 10.7 Å². The number of rotatable bonds is 5. The second-order valence-corrected chi connectivity index (χ2v) is 7.44. The first-order chi connectivity index (χ1) is 9.59. The first-order valence-electron chi connectivity index (χ1n) is 6.33. The average molecular weight is 340 g/mol. The molecule has 1 N–H and O–H groups in total. The normalized spacial score (nSPS) is 13.3. The summed E-state index contributed by atoms with van der Waals surface area (Å²) in [5.74, 6) is -3.58. The van der Waals surface area contributed by atoms with Gasteiger partial charge in [-0.1, -0.05) is 20.8 Å². The third-order valence-corrected chi connectivity index (χ3v) is 4.45. The zero-order valence-corrected chi connectivity index (χ0v) is 13.4. The monoisotopic (exact) mass is 339 g/mol. The van der Waals surface area contributed by atoms with Gasteiger partial charge in [-0.05, 0) is 24.5 Å². The molecule has 0 aliphatic rings. The van der Waals surface area contributed by atoms with E-state index in [2.05, 4.69) is 5.32 Å². The molecule has 1 rings (SSSR count). The molecule has 0 aliphatic carbocycles. The van der Waals surface area contributed by atoms with Gasteiger partial charge in [0.2, 0.25) is 0 Å². The Hall–Kier alpha value is -1.21. The number of nitrogens with one attached hydrogen (secondary N) is 1. The molecule has 1 aromatic carbocycles. The standard InChI is InChI=1S/C13H16ClF2NO3S/c1-4-9(7(2)3)17-13(18)11-8(15)5-6-10(12(11)16)21(14,19)20/h5-7,9H,4H2,1-3H3,(H,17,18). The van der Waals surface area contributed by atoms with E-state index in [0.717, 1.165) is 0 Å². The van der Waals surface area contributed by atoms with Crippen molar-refractivity contribution in [2.24, 2.45) is 5.92 Å². The molecule has 8 heteroatoms. The number of carbonyl (C=O) groups excluding carboxylic acids is 1. The van der Waals surface area contributed by atoms with Crippen LogP contribution in [0.1, 0.15) is 37.6 Å². The van der Waals surface area contributed by atoms with Crippen LogP contribution < -0.4 is 5.32 Å². The van der Waals surface area contributed by atoms with Crippen LogP contribution in [0.5, 0.6) is 0 Å². The second kappa shape index (κ2) is 6.70. The summed E-state index contributed by atoms with van der Waals surface area (Å²) < 4.78 is 50.2. The molecule has 118 valence electrons. The Morgan fingerprint density at radius 2 is 1.90 bits per heavy atom. The van der Waals surface area contributed by atoms with Crippen LogP contribution >= 0.6 is 10.7 Å². The van der Waals surface area contributed by atoms with Crippen LogP contribution in [-0.4, -0.2) is 20.4 Å². The molecule has 0 heterocycles. The lowest BCUT2D eigenvalue weighted by Gasteiger charge is -2.21. The lowest BCUT2D eigenvalue weighted by Crippen LogP contribution is -2.39. The number of benzene rings is 1. The van der Waals surface area contributed by atoms with E-state index < -0.39 is 37.1 Å². The van der Waals surface area contributed by atoms with Gasteiger partial charge in [-0.2, -0.15) is 0 Å². The molecular formula is C13H16ClF2NO3S. The van der Waals surface area contributed by atoms with Gasteiger partial charge in [0, 0.05) is 16.7 Å². The number of hydrogen-bond acceptors (Lipinski definition) is 3. The average Bonchev–Trinajstić information content (AvgIpc) is 2.33. The maximum Gasteiger partial charge on any atom is 0.264 e. The molecule has 0 aromatic heterocycles. The van der Waals surface area contributed by atoms with Gasteiger partial charge in [0.1, 0.15) is 16.3 Å². The van der Waals surface area contributed by atoms with E-state index >= 15 is 0 Å². The van der Waals surface area contributed by atoms with Crippen molar-refractivity contribution in [1.82, 2.24) is 5.32 Å². The molecule has 0 saturated carbocycles. The van der Waals surface area contributed by atoms with Crippen LogP contribution in [0, 0.1) is 17.6 Å². The van der Waals surface area contributed by atoms with Gasteiger partial charge in [-0.25, -0.2) is 17.2 Å². The third-order valence-electron chi connectivity index (χ3n) is 3.11. The Morgan fingerprint density at radius 1 is 1.33 bits per heavy atom. The number of carbonyl (C=O) groups is 1. The molecular weight excluding hydrogens is 324 g/mol. The van der Waals surface area contributed by atoms with Crippen LogP contribution in [0.15, 0.2) is 17.0 Å². The van der Waals surface area contributed by atoms with Crippen LogP contribution in [0.25, 0.3) is 0 Å². The van der Waals surface area contributed by atoms with Crippen LogP contribution in [-0.2, 0) is 9.05 Å². The van der Waals surface area contributed by atoms with E-state index in [1.54, 1.807) is 0 Å². The Morgan fingerprint density at radius 3 is 2.33 bits per heavy atom. The van der Waals surface area contributed by atoms with Gasteiger partial charge in [-0.3, -0.25) is 4.79 Å². The Bertz CT molecular complexity index is 647. The van der Waals surface area contributed by atoms with Crippen molar-refractivity contribution in [2.45, 2.75) is 38.1 Å². The number of hydrogen-bond donors (Lipinski definition) is 1. The molecule has 1 aromatic rings. The summed E-state index contributed by atoms with van der Waals surface area (Å²) in [5.41, 5.74) is -0.948. The highest BCUT2D eigenvalue weighted by Gasteiger charge is 2.27. The minimum atomic E-state index is -4.41. The molecule has 1 atom stereocenters. The van der Waals surface area contributed by atoms with Crippen molar-refractivity contribution in [2.75, 3.05) is 0 Å². The van der Waals surface area contributed by atoms with E-state index in [-0.39, 0.29) is 12.0 Å². The molecule has 4 nitrogen and oxygen atoms in total. The maximum atomic E-state index is 14.1. The summed E-state index contributed by atoms with van der Waals surface area (Å²) in [6.07, 6.45) is 0.570. The molecule has 0 aliphatic heterocycles. The largest absolute Gasteiger partial charge is 0.349 e. The predicted octanol–water partition coefficient (Wildman–Crippen LogP) is 3.06. The smallest absolute Gasteiger partial charge is 0.264 e. The number of amides is 1. The lowest BCUT2D eigenvalue weighted by molar-refractivity contribution is 0.0915. The highest BCUT2D eigenvalue weighted by atomic mass is 35.7. The summed E-state index contributed by atoms with van der Waals surface area (Å²) in [4.78, 5) is 11.1. The highest BCUT2D eigenvalue weighted by Crippen LogP contribution is 2.24. The molecule has 0 radical (unpaired) electrons. The van der Waals surface area contributed by atoms with Crippen molar-refractivity contribution in [3.05, 3.63) is 29.3 Å². The summed E-state index contributed by atoms with van der Waals surface area (Å²) in [7, 11) is 0.648. The molecule has 1 amide bonds. The topological polar surface area (TPSA) is 63.2 Å². The fraction of sp³-hybridized carbons (Fsp3) is 0.462. The number of halogens is 3. The Balaban J connectivity index is 3.27. The summed E-state index contributed by atoms with van der Waals surface area (Å²) in [5, 5.41) is 2.49. The fourth-order valence-corrected chi connectivity index (χ4v) is 2.81. The van der Waals surface area contributed by atoms with Gasteiger partial charge in [0.05, 0.1) is 0 Å². The van der Waals surface area contributed by atoms with Crippen molar-refractivity contribution in [3.8, 4) is 0 Å². The van der Waals surface area contributed by atoms with Crippen LogP contribution in [0.3, 0.4) is 0 Å². The maximum absolute atomic E-state index is 14.1. The molecule has 0 bridgehead atoms. The minimum absolute atomic E-state index is 0.0602. The van der Waals surface area contributed by atoms with E-state index in [9.17, 15) is 22.0 Å². The first-order valence-corrected chi connectivity index (χ1v) is 8.64. The van der Waals surface area contributed by atoms with Crippen molar-refractivity contribution >= 4 is 25.6 Å². The van der Waals surface area contributed by atoms with E-state index in [0.29, 0.717) is 18.6 Å². The first kappa shape index (κ1) is 17.8. The Labute approximate surface area is 126 Å². The van der Waals surface area contributed by atoms with Gasteiger partial charge >= 0.3 is 0 Å². The minimum Gasteiger partial charge on any atom is -0.349 e. The predicted molar refractivity (Wildman–Crippen MR) is 75.8 cm³/mol. The molecule has 0 saturated heterocycles. The second-order valence-electron chi connectivity index (χ2n) is 4.90. The van der Waals surface area contributed by atoms with E-state index in [1.165, 1.54) is 0 Å². The Kier molecular flexibility index (Phi) is 5.69. The van der Waals surface area contributed by atoms with Gasteiger partial charge in [0.15, 0.2) is 5.82 Å². The molecule has 0 spiro atoms. The molecule has 0 fully saturated rings. The summed E-state index contributed by atoms with van der Waals surface area (Å²) in [6.45, 7) is 5.51. The fourth-order valence-electron chi connectivity index (χ4n) is 1.91. The lowest BCUT2D eigenvalue weighted by atomic mass is 10.0. The summed E-state index contributed by atoms with van der Waals surface area (Å²) >= 11 is 0. The zero-order valence-electron chi connectivity index (χ0n) is 11.8. The quantitative estimate of drug-likeness (QED) is 0.839. The zero-order chi connectivity index (χ0) is 16.4. The highest BCUT2D eigenvalue weighted by molar-refractivity contribution is 8.13. The van der Waals surface area contributed by atoms with Gasteiger partial charge in [0.25, 0.3) is 15.0 Å². The van der Waals surface area contributed by atoms with Crippen LogP contribution in [0.2, 0.25) is 0 Å². The van der Waals surface area contributed by atoms with Crippen LogP contribution in [0.4, 0.5) is 8.78 Å². The van der Waals surface area contributed by atoms with Crippen molar-refractivity contribution in [3.63, 3.8) is 0 Å². The molecule has 1 unspecified atom stereocenters. The third kappa shape index (κ3) is 4.14.